The van der Waals surface area contributed by atoms with E-state index in [2.05, 4.69) is 20.8 Å². The summed E-state index contributed by atoms with van der Waals surface area (Å²) in [6, 6.07) is -0.425. The van der Waals surface area contributed by atoms with Gasteiger partial charge in [-0.3, -0.25) is 4.79 Å². The molecular formula is C11H18N4O4. The van der Waals surface area contributed by atoms with Gasteiger partial charge in [-0.1, -0.05) is 5.16 Å². The van der Waals surface area contributed by atoms with E-state index in [0.717, 1.165) is 0 Å². The molecule has 8 heteroatoms. The monoisotopic (exact) mass is 270 g/mol. The molecule has 0 saturated carbocycles. The van der Waals surface area contributed by atoms with E-state index < -0.39 is 17.4 Å². The number of rotatable bonds is 6. The summed E-state index contributed by atoms with van der Waals surface area (Å²) >= 11 is 0. The fraction of sp³-hybridized carbons (Fsp3) is 0.636. The Morgan fingerprint density at radius 1 is 1.37 bits per heavy atom. The van der Waals surface area contributed by atoms with Crippen LogP contribution in [0.25, 0.3) is 0 Å². The first-order valence-electron chi connectivity index (χ1n) is 5.85. The number of carboxylic acids is 1. The van der Waals surface area contributed by atoms with Gasteiger partial charge in [0, 0.05) is 19.5 Å². The number of aliphatic carboxylic acids is 1. The molecule has 0 atom stereocenters. The van der Waals surface area contributed by atoms with Crippen LogP contribution >= 0.6 is 0 Å². The van der Waals surface area contributed by atoms with Gasteiger partial charge in [0.1, 0.15) is 0 Å². The van der Waals surface area contributed by atoms with Crippen molar-refractivity contribution in [2.45, 2.75) is 27.2 Å². The Labute approximate surface area is 110 Å². The second kappa shape index (κ2) is 6.17. The van der Waals surface area contributed by atoms with Crippen molar-refractivity contribution >= 4 is 12.0 Å². The van der Waals surface area contributed by atoms with E-state index in [4.69, 9.17) is 9.63 Å². The quantitative estimate of drug-likeness (QED) is 0.685. The maximum atomic E-state index is 11.4. The number of hydrogen-bond acceptors (Lipinski definition) is 5. The van der Waals surface area contributed by atoms with Crippen molar-refractivity contribution in [2.24, 2.45) is 5.41 Å². The van der Waals surface area contributed by atoms with Gasteiger partial charge in [0.25, 0.3) is 0 Å². The van der Waals surface area contributed by atoms with Crippen molar-refractivity contribution in [2.75, 3.05) is 13.1 Å². The summed E-state index contributed by atoms with van der Waals surface area (Å²) in [4.78, 5) is 26.3. The Balaban J connectivity index is 2.23. The summed E-state index contributed by atoms with van der Waals surface area (Å²) in [6.07, 6.45) is 0.427. The number of hydrogen-bond donors (Lipinski definition) is 3. The lowest BCUT2D eigenvalue weighted by Crippen LogP contribution is -2.43. The number of nitrogens with zero attached hydrogens (tertiary/aromatic N) is 2. The highest BCUT2D eigenvalue weighted by molar-refractivity contribution is 5.77. The van der Waals surface area contributed by atoms with E-state index in [9.17, 15) is 9.59 Å². The molecule has 3 N–H and O–H groups in total. The second-order valence-corrected chi connectivity index (χ2v) is 4.78. The predicted molar refractivity (Wildman–Crippen MR) is 65.6 cm³/mol. The van der Waals surface area contributed by atoms with Crippen LogP contribution in [0.5, 0.6) is 0 Å². The zero-order valence-electron chi connectivity index (χ0n) is 11.2. The molecule has 0 fully saturated rings. The first-order chi connectivity index (χ1) is 8.81. The van der Waals surface area contributed by atoms with Gasteiger partial charge in [0.15, 0.2) is 5.82 Å². The number of nitrogens with one attached hydrogen (secondary N) is 2. The number of aryl methyl sites for hydroxylation is 1. The lowest BCUT2D eigenvalue weighted by Gasteiger charge is -2.19. The normalized spacial score (nSPS) is 11.1. The highest BCUT2D eigenvalue weighted by atomic mass is 16.5. The van der Waals surface area contributed by atoms with E-state index >= 15 is 0 Å². The number of carboxylic acid groups (broad SMARTS) is 1. The fourth-order valence-corrected chi connectivity index (χ4v) is 1.16. The number of aromatic nitrogens is 2. The van der Waals surface area contributed by atoms with Crippen molar-refractivity contribution in [3.8, 4) is 0 Å². The summed E-state index contributed by atoms with van der Waals surface area (Å²) in [6.45, 7) is 5.17. The second-order valence-electron chi connectivity index (χ2n) is 4.78. The maximum absolute atomic E-state index is 11.4. The molecule has 0 radical (unpaired) electrons. The van der Waals surface area contributed by atoms with Crippen LogP contribution in [-0.4, -0.2) is 40.3 Å². The number of urea groups is 1. The zero-order chi connectivity index (χ0) is 14.5. The highest BCUT2D eigenvalue weighted by Crippen LogP contribution is 2.12. The van der Waals surface area contributed by atoms with Crippen LogP contribution in [0.3, 0.4) is 0 Å². The van der Waals surface area contributed by atoms with Crippen molar-refractivity contribution in [3.63, 3.8) is 0 Å². The van der Waals surface area contributed by atoms with E-state index in [1.165, 1.54) is 13.8 Å². The summed E-state index contributed by atoms with van der Waals surface area (Å²) < 4.78 is 4.88. The fourth-order valence-electron chi connectivity index (χ4n) is 1.16. The molecule has 19 heavy (non-hydrogen) atoms. The van der Waals surface area contributed by atoms with Crippen molar-refractivity contribution in [1.82, 2.24) is 20.8 Å². The molecule has 0 saturated heterocycles. The summed E-state index contributed by atoms with van der Waals surface area (Å²) in [7, 11) is 0. The predicted octanol–water partition coefficient (Wildman–Crippen LogP) is 0.331. The first kappa shape index (κ1) is 14.9. The van der Waals surface area contributed by atoms with E-state index in [1.54, 1.807) is 6.92 Å². The summed E-state index contributed by atoms with van der Waals surface area (Å²) in [5.74, 6) is 0.0282. The molecule has 0 aliphatic carbocycles. The molecule has 106 valence electrons. The topological polar surface area (TPSA) is 117 Å². The van der Waals surface area contributed by atoms with E-state index in [-0.39, 0.29) is 6.54 Å². The van der Waals surface area contributed by atoms with Gasteiger partial charge in [-0.25, -0.2) is 4.79 Å². The first-order valence-corrected chi connectivity index (χ1v) is 5.85. The Hall–Kier alpha value is -2.12. The Morgan fingerprint density at radius 3 is 2.58 bits per heavy atom. The average molecular weight is 270 g/mol. The van der Waals surface area contributed by atoms with Crippen LogP contribution in [0.2, 0.25) is 0 Å². The van der Waals surface area contributed by atoms with Gasteiger partial charge >= 0.3 is 12.0 Å². The van der Waals surface area contributed by atoms with Crippen LogP contribution in [0.15, 0.2) is 4.52 Å². The molecule has 2 amide bonds. The van der Waals surface area contributed by atoms with Crippen molar-refractivity contribution in [3.05, 3.63) is 11.7 Å². The molecule has 0 aliphatic heterocycles. The van der Waals surface area contributed by atoms with Gasteiger partial charge in [-0.2, -0.15) is 4.98 Å². The third kappa shape index (κ3) is 4.94. The molecule has 8 nitrogen and oxygen atoms in total. The van der Waals surface area contributed by atoms with Crippen LogP contribution in [0.1, 0.15) is 25.6 Å². The van der Waals surface area contributed by atoms with Crippen LogP contribution < -0.4 is 10.6 Å². The van der Waals surface area contributed by atoms with Gasteiger partial charge in [-0.05, 0) is 20.8 Å². The Bertz CT molecular complexity index is 455. The maximum Gasteiger partial charge on any atom is 0.314 e. The largest absolute Gasteiger partial charge is 0.481 e. The van der Waals surface area contributed by atoms with Gasteiger partial charge < -0.3 is 20.3 Å². The summed E-state index contributed by atoms with van der Waals surface area (Å²) in [5, 5.41) is 17.6. The van der Waals surface area contributed by atoms with E-state index in [0.29, 0.717) is 24.7 Å². The van der Waals surface area contributed by atoms with E-state index in [1.807, 2.05) is 0 Å². The SMILES string of the molecule is Cc1noc(CCNC(=O)NCC(C)(C)C(=O)O)n1. The third-order valence-corrected chi connectivity index (χ3v) is 2.46. The van der Waals surface area contributed by atoms with Gasteiger partial charge in [0.05, 0.1) is 5.41 Å². The third-order valence-electron chi connectivity index (χ3n) is 2.46. The smallest absolute Gasteiger partial charge is 0.314 e. The molecule has 0 aliphatic rings. The zero-order valence-corrected chi connectivity index (χ0v) is 11.2. The molecule has 0 aromatic carbocycles. The molecule has 1 aromatic heterocycles. The Kier molecular flexibility index (Phi) is 4.85. The molecule has 1 aromatic rings. The minimum atomic E-state index is -0.999. The van der Waals surface area contributed by atoms with Gasteiger partial charge in [-0.15, -0.1) is 0 Å². The number of carbonyl (C=O) groups excluding carboxylic acids is 1. The number of amides is 2. The molecule has 0 spiro atoms. The molecule has 1 heterocycles. The lowest BCUT2D eigenvalue weighted by atomic mass is 9.94. The standard InChI is InChI=1S/C11H18N4O4/c1-7-14-8(19-15-7)4-5-12-10(18)13-6-11(2,3)9(16)17/h4-6H2,1-3H3,(H,16,17)(H2,12,13,18). The molecular weight excluding hydrogens is 252 g/mol. The lowest BCUT2D eigenvalue weighted by molar-refractivity contribution is -0.146. The average Bonchev–Trinajstić information content (AvgIpc) is 2.72. The van der Waals surface area contributed by atoms with Crippen molar-refractivity contribution < 1.29 is 19.2 Å². The molecule has 0 unspecified atom stereocenters. The summed E-state index contributed by atoms with van der Waals surface area (Å²) in [5.41, 5.74) is -0.999. The van der Waals surface area contributed by atoms with Gasteiger partial charge in [0.2, 0.25) is 5.89 Å². The minimum Gasteiger partial charge on any atom is -0.481 e. The molecule has 0 bridgehead atoms. The molecule has 1 rings (SSSR count). The van der Waals surface area contributed by atoms with Crippen molar-refractivity contribution in [1.29, 1.82) is 0 Å². The highest BCUT2D eigenvalue weighted by Gasteiger charge is 2.27. The van der Waals surface area contributed by atoms with Crippen LogP contribution in [0, 0.1) is 12.3 Å². The van der Waals surface area contributed by atoms with Crippen LogP contribution in [-0.2, 0) is 11.2 Å². The van der Waals surface area contributed by atoms with Crippen LogP contribution in [0.4, 0.5) is 4.79 Å². The minimum absolute atomic E-state index is 0.0494. The number of carbonyl (C=O) groups is 2. The Morgan fingerprint density at radius 2 is 2.05 bits per heavy atom.